The van der Waals surface area contributed by atoms with Crippen LogP contribution in [0.1, 0.15) is 65.5 Å². The molecule has 1 aliphatic rings. The van der Waals surface area contributed by atoms with Gasteiger partial charge in [-0.25, -0.2) is 9.78 Å². The molecule has 44 heavy (non-hydrogen) atoms. The Balaban J connectivity index is 2.23. The lowest BCUT2D eigenvalue weighted by Crippen LogP contribution is -2.59. The first kappa shape index (κ1) is 36.1. The molecule has 1 fully saturated rings. The van der Waals surface area contributed by atoms with E-state index < -0.39 is 77.7 Å². The molecule has 16 heteroatoms. The van der Waals surface area contributed by atoms with Crippen LogP contribution in [0.4, 0.5) is 0 Å². The first-order chi connectivity index (χ1) is 20.8. The normalized spacial score (nSPS) is 18.1. The number of likely N-dealkylation sites (tertiary alicyclic amines) is 1. The molecule has 0 spiro atoms. The molecule has 0 aromatic carbocycles. The van der Waals surface area contributed by atoms with E-state index >= 15 is 0 Å². The van der Waals surface area contributed by atoms with E-state index in [2.05, 4.69) is 31.2 Å². The van der Waals surface area contributed by atoms with Crippen LogP contribution in [-0.4, -0.2) is 105 Å². The minimum Gasteiger partial charge on any atom is -0.480 e. The molecular formula is C28H47N9O7. The molecular weight excluding hydrogens is 574 g/mol. The zero-order chi connectivity index (χ0) is 33.0. The molecule has 0 bridgehead atoms. The number of hydrogen-bond acceptors (Lipinski definition) is 9. The Hall–Kier alpha value is -4.05. The third-order valence-electron chi connectivity index (χ3n) is 7.40. The van der Waals surface area contributed by atoms with Gasteiger partial charge in [0.1, 0.15) is 30.2 Å². The van der Waals surface area contributed by atoms with E-state index in [1.165, 1.54) is 31.3 Å². The number of unbranched alkanes of at least 4 members (excludes halogenated alkanes) is 1. The van der Waals surface area contributed by atoms with Crippen LogP contribution < -0.4 is 32.7 Å². The Bertz CT molecular complexity index is 1140. The van der Waals surface area contributed by atoms with Crippen LogP contribution >= 0.6 is 0 Å². The number of nitrogens with two attached hydrogens (primary N) is 2. The van der Waals surface area contributed by atoms with Gasteiger partial charge >= 0.3 is 5.97 Å². The number of carbonyl (C=O) groups excluding carboxylic acids is 5. The number of aromatic nitrogens is 2. The zero-order valence-electron chi connectivity index (χ0n) is 25.8. The van der Waals surface area contributed by atoms with Crippen LogP contribution in [0.2, 0.25) is 0 Å². The van der Waals surface area contributed by atoms with E-state index in [0.717, 1.165) is 0 Å². The maximum absolute atomic E-state index is 13.6. The molecule has 1 saturated heterocycles. The monoisotopic (exact) mass is 621 g/mol. The van der Waals surface area contributed by atoms with Crippen molar-refractivity contribution in [2.75, 3.05) is 13.1 Å². The van der Waals surface area contributed by atoms with Gasteiger partial charge < -0.3 is 47.7 Å². The topological polar surface area (TPSA) is 255 Å². The van der Waals surface area contributed by atoms with Crippen molar-refractivity contribution in [3.05, 3.63) is 18.2 Å². The molecule has 0 radical (unpaired) electrons. The standard InChI is InChI=1S/C28H47N9O7/c1-15(2)22(28(43)44)36-24(39)19(8-5-6-10-29)34-25(40)20(12-18-13-31-14-32-18)35-26(41)21-9-7-11-37(21)27(42)17(4)33-23(38)16(3)30/h13-17,19-22H,5-12,29-30H2,1-4H3,(H,31,32)(H,33,38)(H,34,40)(H,35,41)(H,36,39)(H,43,44)/t16-,17-,19-,20-,21-,22-/m0/s1. The number of H-pyrrole nitrogens is 1. The smallest absolute Gasteiger partial charge is 0.326 e. The van der Waals surface area contributed by atoms with E-state index in [1.54, 1.807) is 13.8 Å². The summed E-state index contributed by atoms with van der Waals surface area (Å²) in [4.78, 5) is 85.3. The molecule has 0 unspecified atom stereocenters. The average molecular weight is 622 g/mol. The SMILES string of the molecule is CC(C)[C@H](NC(=O)[C@H](CCCCN)NC(=O)[C@H](Cc1cnc[nH]1)NC(=O)[C@@H]1CCCN1C(=O)[C@H](C)NC(=O)[C@H](C)N)C(=O)O. The summed E-state index contributed by atoms with van der Waals surface area (Å²) in [6.07, 6.45) is 5.06. The number of aliphatic carboxylic acids is 1. The molecule has 1 aliphatic heterocycles. The Labute approximate surface area is 256 Å². The molecule has 1 aromatic heterocycles. The fraction of sp³-hybridized carbons (Fsp3) is 0.679. The second kappa shape index (κ2) is 17.3. The maximum Gasteiger partial charge on any atom is 0.326 e. The van der Waals surface area contributed by atoms with E-state index in [4.69, 9.17) is 11.5 Å². The van der Waals surface area contributed by atoms with Gasteiger partial charge in [-0.05, 0) is 58.4 Å². The summed E-state index contributed by atoms with van der Waals surface area (Å²) >= 11 is 0. The number of rotatable bonds is 17. The molecule has 246 valence electrons. The minimum atomic E-state index is -1.20. The highest BCUT2D eigenvalue weighted by atomic mass is 16.4. The highest BCUT2D eigenvalue weighted by Gasteiger charge is 2.38. The lowest BCUT2D eigenvalue weighted by Gasteiger charge is -2.29. The molecule has 16 nitrogen and oxygen atoms in total. The van der Waals surface area contributed by atoms with Crippen LogP contribution in [0.25, 0.3) is 0 Å². The molecule has 0 saturated carbocycles. The maximum atomic E-state index is 13.6. The van der Waals surface area contributed by atoms with Crippen molar-refractivity contribution >= 4 is 35.5 Å². The minimum absolute atomic E-state index is 0.0000274. The van der Waals surface area contributed by atoms with E-state index in [-0.39, 0.29) is 19.4 Å². The van der Waals surface area contributed by atoms with Gasteiger partial charge in [0, 0.05) is 24.9 Å². The Morgan fingerprint density at radius 3 is 2.25 bits per heavy atom. The van der Waals surface area contributed by atoms with Crippen molar-refractivity contribution in [1.82, 2.24) is 36.1 Å². The predicted molar refractivity (Wildman–Crippen MR) is 159 cm³/mol. The number of nitrogens with one attached hydrogen (secondary N) is 5. The van der Waals surface area contributed by atoms with Gasteiger partial charge in [0.25, 0.3) is 0 Å². The van der Waals surface area contributed by atoms with E-state index in [0.29, 0.717) is 37.9 Å². The Morgan fingerprint density at radius 2 is 1.68 bits per heavy atom. The number of carbonyl (C=O) groups is 6. The summed E-state index contributed by atoms with van der Waals surface area (Å²) in [7, 11) is 0. The molecule has 2 heterocycles. The summed E-state index contributed by atoms with van der Waals surface area (Å²) in [6, 6.07) is -6.04. The van der Waals surface area contributed by atoms with Crippen LogP contribution in [0.5, 0.6) is 0 Å². The Kier molecular flexibility index (Phi) is 14.2. The van der Waals surface area contributed by atoms with Crippen molar-refractivity contribution in [3.8, 4) is 0 Å². The molecule has 5 amide bonds. The Morgan fingerprint density at radius 1 is 1.00 bits per heavy atom. The third-order valence-corrected chi connectivity index (χ3v) is 7.40. The number of aromatic amines is 1. The largest absolute Gasteiger partial charge is 0.480 e. The molecule has 10 N–H and O–H groups in total. The van der Waals surface area contributed by atoms with Gasteiger partial charge in [0.15, 0.2) is 0 Å². The zero-order valence-corrected chi connectivity index (χ0v) is 25.8. The van der Waals surface area contributed by atoms with Crippen molar-refractivity contribution < 1.29 is 33.9 Å². The van der Waals surface area contributed by atoms with Crippen molar-refractivity contribution in [3.63, 3.8) is 0 Å². The van der Waals surface area contributed by atoms with Gasteiger partial charge in [-0.3, -0.25) is 24.0 Å². The summed E-state index contributed by atoms with van der Waals surface area (Å²) in [6.45, 7) is 6.97. The lowest BCUT2D eigenvalue weighted by molar-refractivity contribution is -0.143. The van der Waals surface area contributed by atoms with Crippen LogP contribution in [0.15, 0.2) is 12.5 Å². The average Bonchev–Trinajstić information content (AvgIpc) is 3.66. The van der Waals surface area contributed by atoms with Crippen LogP contribution in [0, 0.1) is 5.92 Å². The van der Waals surface area contributed by atoms with Gasteiger partial charge in [0.2, 0.25) is 29.5 Å². The lowest BCUT2D eigenvalue weighted by atomic mass is 10.0. The highest BCUT2D eigenvalue weighted by Crippen LogP contribution is 2.19. The summed E-state index contributed by atoms with van der Waals surface area (Å²) in [5.74, 6) is -4.49. The molecule has 6 atom stereocenters. The number of nitrogens with zero attached hydrogens (tertiary/aromatic N) is 2. The van der Waals surface area contributed by atoms with Gasteiger partial charge in [0.05, 0.1) is 12.4 Å². The van der Waals surface area contributed by atoms with E-state index in [1.807, 2.05) is 0 Å². The van der Waals surface area contributed by atoms with Crippen molar-refractivity contribution in [2.45, 2.75) is 102 Å². The second-order valence-electron chi connectivity index (χ2n) is 11.5. The molecule has 0 aliphatic carbocycles. The van der Waals surface area contributed by atoms with Gasteiger partial charge in [-0.15, -0.1) is 0 Å². The van der Waals surface area contributed by atoms with Gasteiger partial charge in [-0.2, -0.15) is 0 Å². The summed E-state index contributed by atoms with van der Waals surface area (Å²) in [5.41, 5.74) is 11.7. The quantitative estimate of drug-likeness (QED) is 0.0898. The fourth-order valence-electron chi connectivity index (χ4n) is 4.85. The molecule has 2 rings (SSSR count). The summed E-state index contributed by atoms with van der Waals surface area (Å²) < 4.78 is 0. The molecule has 1 aromatic rings. The summed E-state index contributed by atoms with van der Waals surface area (Å²) in [5, 5.41) is 20.0. The number of hydrogen-bond donors (Lipinski definition) is 8. The first-order valence-electron chi connectivity index (χ1n) is 14.9. The third kappa shape index (κ3) is 10.6. The van der Waals surface area contributed by atoms with Gasteiger partial charge in [-0.1, -0.05) is 13.8 Å². The number of amides is 5. The number of imidazole rings is 1. The second-order valence-corrected chi connectivity index (χ2v) is 11.5. The van der Waals surface area contributed by atoms with Crippen LogP contribution in [0.3, 0.4) is 0 Å². The number of carboxylic acid groups (broad SMARTS) is 1. The van der Waals surface area contributed by atoms with E-state index in [9.17, 15) is 33.9 Å². The first-order valence-corrected chi connectivity index (χ1v) is 14.9. The fourth-order valence-corrected chi connectivity index (χ4v) is 4.85. The highest BCUT2D eigenvalue weighted by molar-refractivity contribution is 5.96. The van der Waals surface area contributed by atoms with Crippen molar-refractivity contribution in [2.24, 2.45) is 17.4 Å². The number of carboxylic acids is 1. The predicted octanol–water partition coefficient (Wildman–Crippen LogP) is -1.88. The van der Waals surface area contributed by atoms with Crippen molar-refractivity contribution in [1.29, 1.82) is 0 Å². The van der Waals surface area contributed by atoms with Crippen LogP contribution in [-0.2, 0) is 35.2 Å².